The predicted octanol–water partition coefficient (Wildman–Crippen LogP) is 4.59. The number of thiocarbonyl (C=S) groups is 1. The summed E-state index contributed by atoms with van der Waals surface area (Å²) in [5.41, 5.74) is 3.22. The second-order valence-corrected chi connectivity index (χ2v) is 7.95. The first kappa shape index (κ1) is 19.5. The number of likely N-dealkylation sites (N-methyl/N-ethyl adjacent to an activating group) is 1. The Morgan fingerprint density at radius 3 is 2.44 bits per heavy atom. The SMILES string of the molecule is Cc1ccc(C)c(OCCOc2ccc(C=C3SC(=S)N(C)C3=O)cc2)c1. The van der Waals surface area contributed by atoms with Gasteiger partial charge in [-0.15, -0.1) is 0 Å². The van der Waals surface area contributed by atoms with Crippen molar-refractivity contribution in [1.82, 2.24) is 4.90 Å². The van der Waals surface area contributed by atoms with Gasteiger partial charge in [0.2, 0.25) is 0 Å². The first-order valence-corrected chi connectivity index (χ1v) is 9.81. The molecule has 2 aromatic carbocycles. The molecule has 0 saturated carbocycles. The Kier molecular flexibility index (Phi) is 6.19. The van der Waals surface area contributed by atoms with Crippen LogP contribution in [0.1, 0.15) is 16.7 Å². The highest BCUT2D eigenvalue weighted by Crippen LogP contribution is 2.31. The number of thioether (sulfide) groups is 1. The van der Waals surface area contributed by atoms with E-state index in [-0.39, 0.29) is 5.91 Å². The molecule has 1 saturated heterocycles. The van der Waals surface area contributed by atoms with Crippen molar-refractivity contribution in [3.63, 3.8) is 0 Å². The van der Waals surface area contributed by atoms with Gasteiger partial charge in [-0.3, -0.25) is 9.69 Å². The molecule has 1 fully saturated rings. The molecule has 4 nitrogen and oxygen atoms in total. The summed E-state index contributed by atoms with van der Waals surface area (Å²) >= 11 is 6.46. The van der Waals surface area contributed by atoms with Gasteiger partial charge in [-0.25, -0.2) is 0 Å². The molecule has 0 radical (unpaired) electrons. The lowest BCUT2D eigenvalue weighted by atomic mass is 10.1. The minimum atomic E-state index is -0.0612. The van der Waals surface area contributed by atoms with E-state index in [2.05, 4.69) is 12.1 Å². The van der Waals surface area contributed by atoms with Crippen LogP contribution < -0.4 is 9.47 Å². The van der Waals surface area contributed by atoms with Crippen molar-refractivity contribution < 1.29 is 14.3 Å². The summed E-state index contributed by atoms with van der Waals surface area (Å²) in [6.07, 6.45) is 1.84. The first-order chi connectivity index (χ1) is 12.9. The van der Waals surface area contributed by atoms with E-state index in [9.17, 15) is 4.79 Å². The standard InChI is InChI=1S/C21H21NO3S2/c1-14-4-5-15(2)18(12-14)25-11-10-24-17-8-6-16(7-9-17)13-19-20(23)22(3)21(26)27-19/h4-9,12-13H,10-11H2,1-3H3. The van der Waals surface area contributed by atoms with Crippen molar-refractivity contribution in [1.29, 1.82) is 0 Å². The summed E-state index contributed by atoms with van der Waals surface area (Å²) in [6.45, 7) is 5.01. The molecule has 0 atom stereocenters. The number of hydrogen-bond acceptors (Lipinski definition) is 5. The van der Waals surface area contributed by atoms with Crippen molar-refractivity contribution in [3.05, 3.63) is 64.1 Å². The molecule has 140 valence electrons. The van der Waals surface area contributed by atoms with E-state index >= 15 is 0 Å². The molecule has 0 aromatic heterocycles. The lowest BCUT2D eigenvalue weighted by Crippen LogP contribution is -2.22. The van der Waals surface area contributed by atoms with Gasteiger partial charge < -0.3 is 9.47 Å². The molecular weight excluding hydrogens is 378 g/mol. The molecule has 27 heavy (non-hydrogen) atoms. The molecule has 1 amide bonds. The van der Waals surface area contributed by atoms with Crippen LogP contribution in [-0.2, 0) is 4.79 Å². The zero-order chi connectivity index (χ0) is 19.4. The number of carbonyl (C=O) groups excluding carboxylic acids is 1. The summed E-state index contributed by atoms with van der Waals surface area (Å²) in [7, 11) is 1.69. The zero-order valence-corrected chi connectivity index (χ0v) is 17.2. The van der Waals surface area contributed by atoms with Gasteiger partial charge in [0.05, 0.1) is 4.91 Å². The summed E-state index contributed by atoms with van der Waals surface area (Å²) < 4.78 is 12.1. The fourth-order valence-corrected chi connectivity index (χ4v) is 3.71. The van der Waals surface area contributed by atoms with Crippen molar-refractivity contribution in [2.24, 2.45) is 0 Å². The molecule has 1 aliphatic rings. The van der Waals surface area contributed by atoms with E-state index in [0.717, 1.165) is 22.6 Å². The van der Waals surface area contributed by atoms with Crippen LogP contribution in [0.15, 0.2) is 47.4 Å². The number of hydrogen-bond donors (Lipinski definition) is 0. The van der Waals surface area contributed by atoms with E-state index in [1.807, 2.05) is 50.3 Å². The maximum atomic E-state index is 12.0. The van der Waals surface area contributed by atoms with E-state index < -0.39 is 0 Å². The van der Waals surface area contributed by atoms with Crippen LogP contribution in [0.2, 0.25) is 0 Å². The molecule has 0 spiro atoms. The Morgan fingerprint density at radius 2 is 1.78 bits per heavy atom. The summed E-state index contributed by atoms with van der Waals surface area (Å²) in [5, 5.41) is 0. The molecule has 0 unspecified atom stereocenters. The van der Waals surface area contributed by atoms with E-state index in [4.69, 9.17) is 21.7 Å². The van der Waals surface area contributed by atoms with Gasteiger partial charge in [-0.1, -0.05) is 48.2 Å². The smallest absolute Gasteiger partial charge is 0.265 e. The number of amides is 1. The molecule has 3 rings (SSSR count). The average Bonchev–Trinajstić information content (AvgIpc) is 2.89. The highest BCUT2D eigenvalue weighted by atomic mass is 32.2. The van der Waals surface area contributed by atoms with Gasteiger partial charge in [-0.05, 0) is 54.8 Å². The fourth-order valence-electron chi connectivity index (χ4n) is 2.53. The molecule has 6 heteroatoms. The number of ether oxygens (including phenoxy) is 2. The quantitative estimate of drug-likeness (QED) is 0.403. The third-order valence-corrected chi connectivity index (χ3v) is 5.60. The topological polar surface area (TPSA) is 38.8 Å². The predicted molar refractivity (Wildman–Crippen MR) is 114 cm³/mol. The Morgan fingerprint density at radius 1 is 1.07 bits per heavy atom. The fraction of sp³-hybridized carbons (Fsp3) is 0.238. The van der Waals surface area contributed by atoms with Crippen molar-refractivity contribution in [3.8, 4) is 11.5 Å². The van der Waals surface area contributed by atoms with Gasteiger partial charge in [0.15, 0.2) is 0 Å². The largest absolute Gasteiger partial charge is 0.490 e. The molecule has 0 aliphatic carbocycles. The van der Waals surface area contributed by atoms with Crippen LogP contribution >= 0.6 is 24.0 Å². The zero-order valence-electron chi connectivity index (χ0n) is 15.5. The maximum Gasteiger partial charge on any atom is 0.265 e. The van der Waals surface area contributed by atoms with Gasteiger partial charge >= 0.3 is 0 Å². The van der Waals surface area contributed by atoms with Gasteiger partial charge in [0.25, 0.3) is 5.91 Å². The molecule has 1 aliphatic heterocycles. The van der Waals surface area contributed by atoms with E-state index in [0.29, 0.717) is 22.4 Å². The number of benzene rings is 2. The van der Waals surface area contributed by atoms with E-state index in [1.165, 1.54) is 22.2 Å². The van der Waals surface area contributed by atoms with Gasteiger partial charge in [-0.2, -0.15) is 0 Å². The van der Waals surface area contributed by atoms with Crippen LogP contribution in [-0.4, -0.2) is 35.4 Å². The van der Waals surface area contributed by atoms with Gasteiger partial charge in [0.1, 0.15) is 29.0 Å². The first-order valence-electron chi connectivity index (χ1n) is 8.58. The maximum absolute atomic E-state index is 12.0. The Balaban J connectivity index is 1.52. The van der Waals surface area contributed by atoms with Crippen LogP contribution in [0.25, 0.3) is 6.08 Å². The second kappa shape index (κ2) is 8.59. The lowest BCUT2D eigenvalue weighted by Gasteiger charge is -2.11. The van der Waals surface area contributed by atoms with E-state index in [1.54, 1.807) is 7.05 Å². The van der Waals surface area contributed by atoms with Crippen LogP contribution in [0.4, 0.5) is 0 Å². The molecule has 0 N–H and O–H groups in total. The summed E-state index contributed by atoms with van der Waals surface area (Å²) in [5.74, 6) is 1.59. The van der Waals surface area contributed by atoms with Crippen LogP contribution in [0, 0.1) is 13.8 Å². The summed E-state index contributed by atoms with van der Waals surface area (Å²) in [6, 6.07) is 13.8. The number of aryl methyl sites for hydroxylation is 2. The van der Waals surface area contributed by atoms with Gasteiger partial charge in [0, 0.05) is 7.05 Å². The lowest BCUT2D eigenvalue weighted by molar-refractivity contribution is -0.121. The highest BCUT2D eigenvalue weighted by Gasteiger charge is 2.28. The number of carbonyl (C=O) groups is 1. The molecule has 2 aromatic rings. The number of rotatable bonds is 6. The molecule has 1 heterocycles. The second-order valence-electron chi connectivity index (χ2n) is 6.28. The highest BCUT2D eigenvalue weighted by molar-refractivity contribution is 8.26. The third kappa shape index (κ3) is 4.90. The minimum absolute atomic E-state index is 0.0612. The number of nitrogens with zero attached hydrogens (tertiary/aromatic N) is 1. The average molecular weight is 400 g/mol. The van der Waals surface area contributed by atoms with Crippen LogP contribution in [0.5, 0.6) is 11.5 Å². The van der Waals surface area contributed by atoms with Crippen molar-refractivity contribution in [2.75, 3.05) is 20.3 Å². The Labute approximate surface area is 169 Å². The molecular formula is C21H21NO3S2. The third-order valence-electron chi connectivity index (χ3n) is 4.12. The minimum Gasteiger partial charge on any atom is -0.490 e. The Bertz CT molecular complexity index is 891. The van der Waals surface area contributed by atoms with Crippen molar-refractivity contribution >= 4 is 40.3 Å². The Hall–Kier alpha value is -2.31. The normalized spacial score (nSPS) is 15.5. The molecule has 0 bridgehead atoms. The summed E-state index contributed by atoms with van der Waals surface area (Å²) in [4.78, 5) is 14.2. The van der Waals surface area contributed by atoms with Crippen molar-refractivity contribution in [2.45, 2.75) is 13.8 Å². The van der Waals surface area contributed by atoms with Crippen LogP contribution in [0.3, 0.4) is 0 Å². The monoisotopic (exact) mass is 399 g/mol.